The Balaban J connectivity index is 1.81. The number of halogens is 1. The van der Waals surface area contributed by atoms with E-state index in [9.17, 15) is 4.39 Å². The third-order valence-electron chi connectivity index (χ3n) is 6.49. The third-order valence-corrected chi connectivity index (χ3v) is 6.49. The van der Waals surface area contributed by atoms with Crippen molar-refractivity contribution in [2.24, 2.45) is 11.8 Å². The summed E-state index contributed by atoms with van der Waals surface area (Å²) >= 11 is 0. The molecule has 1 fully saturated rings. The molecule has 2 aliphatic heterocycles. The zero-order valence-corrected chi connectivity index (χ0v) is 19.5. The van der Waals surface area contributed by atoms with Gasteiger partial charge >= 0.3 is 0 Å². The lowest BCUT2D eigenvalue weighted by atomic mass is 9.85. The van der Waals surface area contributed by atoms with Crippen molar-refractivity contribution < 1.29 is 14.2 Å². The predicted molar refractivity (Wildman–Crippen MR) is 133 cm³/mol. The van der Waals surface area contributed by atoms with E-state index >= 15 is 0 Å². The molecule has 0 saturated carbocycles. The SMILES string of the molecule is C#Cc1ccc(C2=C\NCCC(C3CCOC3)CC/C=C/C(CCCNCCO)=C\2)cc1F. The zero-order chi connectivity index (χ0) is 23.3. The average molecular weight is 453 g/mol. The van der Waals surface area contributed by atoms with E-state index in [1.165, 1.54) is 18.1 Å². The van der Waals surface area contributed by atoms with Crippen molar-refractivity contribution in [1.82, 2.24) is 10.6 Å². The smallest absolute Gasteiger partial charge is 0.139 e. The number of benzene rings is 1. The van der Waals surface area contributed by atoms with Gasteiger partial charge in [-0.15, -0.1) is 6.42 Å². The molecule has 0 bridgehead atoms. The molecule has 3 N–H and O–H groups in total. The topological polar surface area (TPSA) is 53.5 Å². The monoisotopic (exact) mass is 452 g/mol. The molecule has 0 spiro atoms. The van der Waals surface area contributed by atoms with E-state index in [0.717, 1.165) is 69.5 Å². The first-order valence-electron chi connectivity index (χ1n) is 12.2. The Morgan fingerprint density at radius 1 is 1.21 bits per heavy atom. The van der Waals surface area contributed by atoms with Crippen molar-refractivity contribution in [2.45, 2.75) is 38.5 Å². The highest BCUT2D eigenvalue weighted by molar-refractivity contribution is 5.75. The molecular weight excluding hydrogens is 415 g/mol. The standard InChI is InChI=1S/C28H37FN2O2/c1-2-23-9-10-25(19-28(23)29)27-18-22(7-5-13-30-15-16-32)6-3-4-8-24(11-14-31-20-27)26-12-17-33-21-26/h1,3,6,9-10,18-20,24,26,30-32H,4-5,7-8,11-17,21H2/b6-3+,22-18+,27-20-. The van der Waals surface area contributed by atoms with Gasteiger partial charge in [-0.05, 0) is 91.8 Å². The second-order valence-corrected chi connectivity index (χ2v) is 8.84. The van der Waals surface area contributed by atoms with Crippen LogP contribution in [0.1, 0.15) is 49.7 Å². The van der Waals surface area contributed by atoms with Crippen LogP contribution in [0.2, 0.25) is 0 Å². The molecule has 0 radical (unpaired) electrons. The molecule has 2 heterocycles. The number of nitrogens with one attached hydrogen (secondary N) is 2. The molecule has 2 atom stereocenters. The largest absolute Gasteiger partial charge is 0.395 e. The molecule has 1 aromatic rings. The van der Waals surface area contributed by atoms with Crippen LogP contribution in [-0.4, -0.2) is 44.6 Å². The molecule has 0 amide bonds. The molecular formula is C28H37FN2O2. The number of hydrogen-bond donors (Lipinski definition) is 3. The molecule has 0 aromatic heterocycles. The normalized spacial score (nSPS) is 26.0. The van der Waals surface area contributed by atoms with Gasteiger partial charge in [-0.1, -0.05) is 24.1 Å². The van der Waals surface area contributed by atoms with Crippen molar-refractivity contribution in [3.8, 4) is 12.3 Å². The first-order valence-corrected chi connectivity index (χ1v) is 12.2. The summed E-state index contributed by atoms with van der Waals surface area (Å²) in [6, 6.07) is 5.07. The minimum absolute atomic E-state index is 0.146. The lowest BCUT2D eigenvalue weighted by molar-refractivity contribution is 0.167. The van der Waals surface area contributed by atoms with Crippen LogP contribution in [0.15, 0.2) is 48.2 Å². The minimum Gasteiger partial charge on any atom is -0.395 e. The van der Waals surface area contributed by atoms with E-state index in [1.54, 1.807) is 6.07 Å². The van der Waals surface area contributed by atoms with Gasteiger partial charge in [-0.25, -0.2) is 4.39 Å². The Labute approximate surface area is 198 Å². The van der Waals surface area contributed by atoms with Gasteiger partial charge < -0.3 is 20.5 Å². The van der Waals surface area contributed by atoms with E-state index in [0.29, 0.717) is 18.4 Å². The summed E-state index contributed by atoms with van der Waals surface area (Å²) in [6.45, 7) is 4.24. The highest BCUT2D eigenvalue weighted by Crippen LogP contribution is 2.29. The number of aliphatic hydroxyl groups excluding tert-OH is 1. The molecule has 1 aromatic carbocycles. The number of ether oxygens (including phenoxy) is 1. The quantitative estimate of drug-likeness (QED) is 0.404. The van der Waals surface area contributed by atoms with E-state index in [2.05, 4.69) is 34.8 Å². The highest BCUT2D eigenvalue weighted by atomic mass is 19.1. The van der Waals surface area contributed by atoms with Gasteiger partial charge in [0, 0.05) is 32.5 Å². The van der Waals surface area contributed by atoms with Gasteiger partial charge in [0.05, 0.1) is 12.2 Å². The third kappa shape index (κ3) is 8.16. The van der Waals surface area contributed by atoms with E-state index in [1.807, 2.05) is 12.3 Å². The van der Waals surface area contributed by atoms with Gasteiger partial charge in [0.25, 0.3) is 0 Å². The highest BCUT2D eigenvalue weighted by Gasteiger charge is 2.24. The molecule has 0 aliphatic carbocycles. The van der Waals surface area contributed by atoms with Crippen LogP contribution in [0, 0.1) is 30.0 Å². The predicted octanol–water partition coefficient (Wildman–Crippen LogP) is 4.42. The second-order valence-electron chi connectivity index (χ2n) is 8.84. The molecule has 2 unspecified atom stereocenters. The van der Waals surface area contributed by atoms with Gasteiger partial charge in [-0.2, -0.15) is 0 Å². The molecule has 4 nitrogen and oxygen atoms in total. The minimum atomic E-state index is -0.373. The van der Waals surface area contributed by atoms with Crippen LogP contribution in [0.5, 0.6) is 0 Å². The van der Waals surface area contributed by atoms with Crippen LogP contribution in [-0.2, 0) is 4.74 Å². The average Bonchev–Trinajstić information content (AvgIpc) is 3.35. The van der Waals surface area contributed by atoms with E-state index in [4.69, 9.17) is 16.3 Å². The first kappa shape index (κ1) is 25.2. The fraction of sp³-hybridized carbons (Fsp3) is 0.500. The van der Waals surface area contributed by atoms with Gasteiger partial charge in [0.15, 0.2) is 0 Å². The van der Waals surface area contributed by atoms with Crippen LogP contribution in [0.3, 0.4) is 0 Å². The van der Waals surface area contributed by atoms with Crippen molar-refractivity contribution in [3.05, 3.63) is 65.1 Å². The van der Waals surface area contributed by atoms with Crippen LogP contribution in [0.4, 0.5) is 4.39 Å². The summed E-state index contributed by atoms with van der Waals surface area (Å²) in [5, 5.41) is 15.7. The summed E-state index contributed by atoms with van der Waals surface area (Å²) in [7, 11) is 0. The van der Waals surface area contributed by atoms with E-state index in [-0.39, 0.29) is 18.0 Å². The van der Waals surface area contributed by atoms with E-state index < -0.39 is 0 Å². The van der Waals surface area contributed by atoms with Gasteiger partial charge in [0.2, 0.25) is 0 Å². The molecule has 1 saturated heterocycles. The molecule has 3 rings (SSSR count). The molecule has 2 aliphatic rings. The second kappa shape index (κ2) is 14.0. The maximum Gasteiger partial charge on any atom is 0.139 e. The Bertz CT molecular complexity index is 878. The maximum atomic E-state index is 14.4. The van der Waals surface area contributed by atoms with Crippen molar-refractivity contribution >= 4 is 5.57 Å². The number of terminal acetylenes is 1. The Kier molecular flexibility index (Phi) is 10.7. The van der Waals surface area contributed by atoms with Crippen LogP contribution >= 0.6 is 0 Å². The van der Waals surface area contributed by atoms with Crippen LogP contribution in [0.25, 0.3) is 5.57 Å². The first-order chi connectivity index (χ1) is 16.2. The van der Waals surface area contributed by atoms with Crippen molar-refractivity contribution in [3.63, 3.8) is 0 Å². The summed E-state index contributed by atoms with van der Waals surface area (Å²) in [4.78, 5) is 0. The maximum absolute atomic E-state index is 14.4. The van der Waals surface area contributed by atoms with Gasteiger partial charge in [-0.3, -0.25) is 0 Å². The fourth-order valence-corrected chi connectivity index (χ4v) is 4.58. The number of hydrogen-bond acceptors (Lipinski definition) is 4. The molecule has 5 heteroatoms. The van der Waals surface area contributed by atoms with Crippen molar-refractivity contribution in [1.29, 1.82) is 0 Å². The van der Waals surface area contributed by atoms with Crippen LogP contribution < -0.4 is 10.6 Å². The number of aliphatic hydroxyl groups is 1. The molecule has 178 valence electrons. The fourth-order valence-electron chi connectivity index (χ4n) is 4.58. The van der Waals surface area contributed by atoms with Gasteiger partial charge in [0.1, 0.15) is 5.82 Å². The van der Waals surface area contributed by atoms with Crippen molar-refractivity contribution in [2.75, 3.05) is 39.5 Å². The number of rotatable bonds is 8. The lowest BCUT2D eigenvalue weighted by Gasteiger charge is -2.22. The lowest BCUT2D eigenvalue weighted by Crippen LogP contribution is -2.20. The Morgan fingerprint density at radius 3 is 2.88 bits per heavy atom. The summed E-state index contributed by atoms with van der Waals surface area (Å²) in [5.41, 5.74) is 3.24. The summed E-state index contributed by atoms with van der Waals surface area (Å²) < 4.78 is 20.1. The number of allylic oxidation sites excluding steroid dienone is 5. The molecule has 33 heavy (non-hydrogen) atoms. The summed E-state index contributed by atoms with van der Waals surface area (Å²) in [6.07, 6.45) is 20.4. The zero-order valence-electron chi connectivity index (χ0n) is 19.5. The Morgan fingerprint density at radius 2 is 2.12 bits per heavy atom. The summed E-state index contributed by atoms with van der Waals surface area (Å²) in [5.74, 6) is 3.31. The Hall–Kier alpha value is -2.39.